The van der Waals surface area contributed by atoms with E-state index in [1.807, 2.05) is 0 Å². The second-order valence-electron chi connectivity index (χ2n) is 4.35. The van der Waals surface area contributed by atoms with Crippen LogP contribution in [-0.2, 0) is 0 Å². The van der Waals surface area contributed by atoms with Gasteiger partial charge >= 0.3 is 0 Å². The maximum atomic E-state index is 4.44. The molecular weight excluding hydrogens is 200 g/mol. The molecular formula is C12H20N4. The van der Waals surface area contributed by atoms with E-state index in [1.54, 1.807) is 12.4 Å². The first-order valence-electron chi connectivity index (χ1n) is 6.18. The van der Waals surface area contributed by atoms with E-state index in [-0.39, 0.29) is 0 Å². The number of hydrogen-bond acceptors (Lipinski definition) is 4. The van der Waals surface area contributed by atoms with Crippen molar-refractivity contribution in [3.05, 3.63) is 12.4 Å². The second-order valence-corrected chi connectivity index (χ2v) is 4.35. The SMILES string of the molecule is CCNc1cncc(NCC2CCCC2)n1. The molecule has 0 amide bonds. The molecule has 4 nitrogen and oxygen atoms in total. The van der Waals surface area contributed by atoms with Gasteiger partial charge in [-0.1, -0.05) is 12.8 Å². The quantitative estimate of drug-likeness (QED) is 0.800. The van der Waals surface area contributed by atoms with Crippen LogP contribution < -0.4 is 10.6 Å². The summed E-state index contributed by atoms with van der Waals surface area (Å²) < 4.78 is 0. The summed E-state index contributed by atoms with van der Waals surface area (Å²) in [6, 6.07) is 0. The first kappa shape index (κ1) is 11.2. The molecule has 2 rings (SSSR count). The average molecular weight is 220 g/mol. The number of rotatable bonds is 5. The highest BCUT2D eigenvalue weighted by Gasteiger charge is 2.14. The molecule has 0 bridgehead atoms. The Morgan fingerprint density at radius 1 is 1.19 bits per heavy atom. The van der Waals surface area contributed by atoms with Crippen molar-refractivity contribution < 1.29 is 0 Å². The Hall–Kier alpha value is -1.32. The number of nitrogens with zero attached hydrogens (tertiary/aromatic N) is 2. The summed E-state index contributed by atoms with van der Waals surface area (Å²) in [6.07, 6.45) is 9.02. The Labute approximate surface area is 96.9 Å². The minimum atomic E-state index is 0.824. The van der Waals surface area contributed by atoms with Crippen LogP contribution in [0.4, 0.5) is 11.6 Å². The maximum absolute atomic E-state index is 4.44. The minimum absolute atomic E-state index is 0.824. The fourth-order valence-electron chi connectivity index (χ4n) is 2.18. The van der Waals surface area contributed by atoms with Crippen LogP contribution >= 0.6 is 0 Å². The van der Waals surface area contributed by atoms with Gasteiger partial charge in [0.1, 0.15) is 11.6 Å². The molecule has 0 spiro atoms. The highest BCUT2D eigenvalue weighted by molar-refractivity contribution is 5.41. The molecule has 0 aliphatic heterocycles. The molecule has 1 heterocycles. The molecule has 1 saturated carbocycles. The molecule has 0 atom stereocenters. The summed E-state index contributed by atoms with van der Waals surface area (Å²) in [5.41, 5.74) is 0. The van der Waals surface area contributed by atoms with Crippen LogP contribution in [0, 0.1) is 5.92 Å². The predicted molar refractivity (Wildman–Crippen MR) is 66.6 cm³/mol. The summed E-state index contributed by atoms with van der Waals surface area (Å²) in [5.74, 6) is 2.55. The van der Waals surface area contributed by atoms with Gasteiger partial charge in [-0.15, -0.1) is 0 Å². The minimum Gasteiger partial charge on any atom is -0.369 e. The summed E-state index contributed by atoms with van der Waals surface area (Å²) in [7, 11) is 0. The maximum Gasteiger partial charge on any atom is 0.146 e. The zero-order valence-electron chi connectivity index (χ0n) is 9.87. The zero-order valence-corrected chi connectivity index (χ0v) is 9.87. The summed E-state index contributed by atoms with van der Waals surface area (Å²) in [4.78, 5) is 8.60. The molecule has 16 heavy (non-hydrogen) atoms. The Bertz CT molecular complexity index is 321. The third-order valence-electron chi connectivity index (χ3n) is 3.04. The molecule has 1 aromatic heterocycles. The van der Waals surface area contributed by atoms with Crippen LogP contribution in [0.5, 0.6) is 0 Å². The smallest absolute Gasteiger partial charge is 0.146 e. The standard InChI is InChI=1S/C12H20N4/c1-2-14-11-8-13-9-12(16-11)15-7-10-5-3-4-6-10/h8-10H,2-7H2,1H3,(H2,14,15,16). The molecule has 0 aromatic carbocycles. The van der Waals surface area contributed by atoms with Gasteiger partial charge in [0.25, 0.3) is 0 Å². The van der Waals surface area contributed by atoms with E-state index in [1.165, 1.54) is 25.7 Å². The van der Waals surface area contributed by atoms with Crippen molar-refractivity contribution in [2.75, 3.05) is 23.7 Å². The van der Waals surface area contributed by atoms with E-state index in [9.17, 15) is 0 Å². The van der Waals surface area contributed by atoms with Crippen LogP contribution in [0.2, 0.25) is 0 Å². The average Bonchev–Trinajstić information content (AvgIpc) is 2.80. The molecule has 1 fully saturated rings. The van der Waals surface area contributed by atoms with Gasteiger partial charge in [-0.05, 0) is 25.7 Å². The van der Waals surface area contributed by atoms with Crippen LogP contribution in [0.1, 0.15) is 32.6 Å². The lowest BCUT2D eigenvalue weighted by atomic mass is 10.1. The van der Waals surface area contributed by atoms with Crippen LogP contribution in [0.3, 0.4) is 0 Å². The molecule has 1 aliphatic carbocycles. The first-order chi connectivity index (χ1) is 7.88. The van der Waals surface area contributed by atoms with E-state index in [4.69, 9.17) is 0 Å². The summed E-state index contributed by atoms with van der Waals surface area (Å²) in [6.45, 7) is 3.96. The molecule has 0 radical (unpaired) electrons. The Balaban J connectivity index is 1.85. The number of nitrogens with one attached hydrogen (secondary N) is 2. The zero-order chi connectivity index (χ0) is 11.2. The van der Waals surface area contributed by atoms with Gasteiger partial charge in [0.2, 0.25) is 0 Å². The van der Waals surface area contributed by atoms with E-state index in [0.29, 0.717) is 0 Å². The van der Waals surface area contributed by atoms with Gasteiger partial charge in [0.05, 0.1) is 12.4 Å². The van der Waals surface area contributed by atoms with Crippen molar-refractivity contribution in [2.24, 2.45) is 5.92 Å². The van der Waals surface area contributed by atoms with Gasteiger partial charge in [0.15, 0.2) is 0 Å². The fourth-order valence-corrected chi connectivity index (χ4v) is 2.18. The van der Waals surface area contributed by atoms with Crippen molar-refractivity contribution in [1.29, 1.82) is 0 Å². The van der Waals surface area contributed by atoms with Gasteiger partial charge in [0, 0.05) is 13.1 Å². The van der Waals surface area contributed by atoms with Gasteiger partial charge in [-0.2, -0.15) is 0 Å². The molecule has 2 N–H and O–H groups in total. The van der Waals surface area contributed by atoms with Crippen molar-refractivity contribution in [2.45, 2.75) is 32.6 Å². The van der Waals surface area contributed by atoms with Crippen molar-refractivity contribution in [3.63, 3.8) is 0 Å². The fraction of sp³-hybridized carbons (Fsp3) is 0.667. The van der Waals surface area contributed by atoms with Gasteiger partial charge < -0.3 is 10.6 Å². The lowest BCUT2D eigenvalue weighted by Gasteiger charge is -2.11. The van der Waals surface area contributed by atoms with Crippen LogP contribution in [-0.4, -0.2) is 23.1 Å². The number of anilines is 2. The number of hydrogen-bond donors (Lipinski definition) is 2. The monoisotopic (exact) mass is 220 g/mol. The molecule has 0 saturated heterocycles. The van der Waals surface area contributed by atoms with Crippen molar-refractivity contribution in [3.8, 4) is 0 Å². The van der Waals surface area contributed by atoms with Crippen molar-refractivity contribution >= 4 is 11.6 Å². The topological polar surface area (TPSA) is 49.8 Å². The van der Waals surface area contributed by atoms with Crippen LogP contribution in [0.25, 0.3) is 0 Å². The molecule has 0 unspecified atom stereocenters. The van der Waals surface area contributed by atoms with Crippen molar-refractivity contribution in [1.82, 2.24) is 9.97 Å². The largest absolute Gasteiger partial charge is 0.369 e. The lowest BCUT2D eigenvalue weighted by Crippen LogP contribution is -2.12. The summed E-state index contributed by atoms with van der Waals surface area (Å²) >= 11 is 0. The van der Waals surface area contributed by atoms with E-state index >= 15 is 0 Å². The Kier molecular flexibility index (Phi) is 3.97. The third-order valence-corrected chi connectivity index (χ3v) is 3.04. The molecule has 1 aromatic rings. The Morgan fingerprint density at radius 2 is 1.88 bits per heavy atom. The highest BCUT2D eigenvalue weighted by Crippen LogP contribution is 2.24. The van der Waals surface area contributed by atoms with E-state index < -0.39 is 0 Å². The van der Waals surface area contributed by atoms with Gasteiger partial charge in [-0.3, -0.25) is 4.98 Å². The first-order valence-corrected chi connectivity index (χ1v) is 6.18. The molecule has 1 aliphatic rings. The number of aromatic nitrogens is 2. The molecule has 88 valence electrons. The normalized spacial score (nSPS) is 16.3. The summed E-state index contributed by atoms with van der Waals surface area (Å²) in [5, 5.41) is 6.53. The Morgan fingerprint density at radius 3 is 2.56 bits per heavy atom. The third kappa shape index (κ3) is 3.08. The predicted octanol–water partition coefficient (Wildman–Crippen LogP) is 2.51. The molecule has 4 heteroatoms. The van der Waals surface area contributed by atoms with Crippen LogP contribution in [0.15, 0.2) is 12.4 Å². The van der Waals surface area contributed by atoms with E-state index in [0.717, 1.165) is 30.6 Å². The lowest BCUT2D eigenvalue weighted by molar-refractivity contribution is 0.579. The van der Waals surface area contributed by atoms with Gasteiger partial charge in [-0.25, -0.2) is 4.98 Å². The van der Waals surface area contributed by atoms with E-state index in [2.05, 4.69) is 27.5 Å². The second kappa shape index (κ2) is 5.68. The highest BCUT2D eigenvalue weighted by atomic mass is 15.1.